The van der Waals surface area contributed by atoms with Crippen LogP contribution in [0.15, 0.2) is 48.5 Å². The summed E-state index contributed by atoms with van der Waals surface area (Å²) in [6, 6.07) is 16.0. The molecule has 4 nitrogen and oxygen atoms in total. The Morgan fingerprint density at radius 2 is 2.00 bits per heavy atom. The number of thioether (sulfide) groups is 2. The minimum Gasteiger partial charge on any atom is -0.493 e. The van der Waals surface area contributed by atoms with Gasteiger partial charge < -0.3 is 14.4 Å². The Hall–Kier alpha value is -1.79. The molecule has 6 heteroatoms. The quantitative estimate of drug-likeness (QED) is 0.572. The second kappa shape index (κ2) is 9.95. The van der Waals surface area contributed by atoms with Gasteiger partial charge in [0.1, 0.15) is 12.0 Å². The Balaban J connectivity index is 1.71. The van der Waals surface area contributed by atoms with Gasteiger partial charge in [-0.15, -0.1) is 11.8 Å². The topological polar surface area (TPSA) is 38.8 Å². The first-order chi connectivity index (χ1) is 13.2. The molecular formula is C21H25NO3S2. The van der Waals surface area contributed by atoms with Gasteiger partial charge in [-0.25, -0.2) is 0 Å². The van der Waals surface area contributed by atoms with Crippen molar-refractivity contribution in [2.45, 2.75) is 18.4 Å². The molecule has 27 heavy (non-hydrogen) atoms. The first-order valence-electron chi connectivity index (χ1n) is 8.97. The highest BCUT2D eigenvalue weighted by molar-refractivity contribution is 8.00. The Labute approximate surface area is 169 Å². The van der Waals surface area contributed by atoms with Crippen molar-refractivity contribution in [2.75, 3.05) is 31.4 Å². The third-order valence-corrected chi connectivity index (χ3v) is 6.38. The number of hydrogen-bond donors (Lipinski definition) is 0. The third-order valence-electron chi connectivity index (χ3n) is 4.43. The van der Waals surface area contributed by atoms with Crippen molar-refractivity contribution in [2.24, 2.45) is 0 Å². The van der Waals surface area contributed by atoms with Crippen molar-refractivity contribution in [3.63, 3.8) is 0 Å². The minimum absolute atomic E-state index is 0.0522. The first-order valence-corrected chi connectivity index (χ1v) is 11.4. The molecule has 1 aliphatic rings. The molecule has 2 aromatic rings. The van der Waals surface area contributed by atoms with E-state index in [4.69, 9.17) is 9.47 Å². The second-order valence-corrected chi connectivity index (χ2v) is 8.34. The van der Waals surface area contributed by atoms with E-state index in [-0.39, 0.29) is 11.3 Å². The summed E-state index contributed by atoms with van der Waals surface area (Å²) in [7, 11) is 1.65. The van der Waals surface area contributed by atoms with E-state index in [1.807, 2.05) is 65.2 Å². The zero-order valence-corrected chi connectivity index (χ0v) is 17.4. The van der Waals surface area contributed by atoms with E-state index in [2.05, 4.69) is 6.26 Å². The standard InChI is InChI=1S/C21H25NO3S2/c1-24-19-13-17(21-22(11-6-12-26-2)20(23)15-27-21)9-10-18(19)25-14-16-7-4-3-5-8-16/h3-5,7-10,13,21H,6,11-12,14-15H2,1-2H3. The van der Waals surface area contributed by atoms with Crippen LogP contribution in [0.25, 0.3) is 0 Å². The molecule has 1 amide bonds. The molecule has 1 aliphatic heterocycles. The number of benzene rings is 2. The molecular weight excluding hydrogens is 378 g/mol. The minimum atomic E-state index is 0.0522. The van der Waals surface area contributed by atoms with E-state index in [1.54, 1.807) is 18.9 Å². The van der Waals surface area contributed by atoms with Crippen LogP contribution in [0.1, 0.15) is 22.9 Å². The fourth-order valence-corrected chi connectivity index (χ4v) is 4.67. The number of hydrogen-bond acceptors (Lipinski definition) is 5. The van der Waals surface area contributed by atoms with Crippen LogP contribution in [0.4, 0.5) is 0 Å². The number of rotatable bonds is 9. The molecule has 1 heterocycles. The SMILES string of the molecule is COc1cc(C2SCC(=O)N2CCCSC)ccc1OCc1ccccc1. The molecule has 1 atom stereocenters. The number of methoxy groups -OCH3 is 1. The van der Waals surface area contributed by atoms with Crippen LogP contribution in [-0.4, -0.2) is 42.2 Å². The molecule has 0 bridgehead atoms. The molecule has 3 rings (SSSR count). The maximum Gasteiger partial charge on any atom is 0.233 e. The van der Waals surface area contributed by atoms with Crippen molar-refractivity contribution in [3.05, 3.63) is 59.7 Å². The van der Waals surface area contributed by atoms with Gasteiger partial charge in [0.25, 0.3) is 0 Å². The number of nitrogens with zero attached hydrogens (tertiary/aromatic N) is 1. The Bertz CT molecular complexity index is 754. The van der Waals surface area contributed by atoms with Gasteiger partial charge >= 0.3 is 0 Å². The van der Waals surface area contributed by atoms with Gasteiger partial charge in [-0.2, -0.15) is 11.8 Å². The third kappa shape index (κ3) is 5.14. The maximum absolute atomic E-state index is 12.3. The van der Waals surface area contributed by atoms with Crippen molar-refractivity contribution < 1.29 is 14.3 Å². The van der Waals surface area contributed by atoms with Crippen LogP contribution in [0, 0.1) is 0 Å². The largest absolute Gasteiger partial charge is 0.493 e. The van der Waals surface area contributed by atoms with Gasteiger partial charge in [0.2, 0.25) is 5.91 Å². The van der Waals surface area contributed by atoms with E-state index in [9.17, 15) is 4.79 Å². The van der Waals surface area contributed by atoms with Crippen LogP contribution in [0.3, 0.4) is 0 Å². The van der Waals surface area contributed by atoms with E-state index < -0.39 is 0 Å². The average molecular weight is 404 g/mol. The smallest absolute Gasteiger partial charge is 0.233 e. The molecule has 1 fully saturated rings. The van der Waals surface area contributed by atoms with Crippen molar-refractivity contribution in [3.8, 4) is 11.5 Å². The molecule has 0 aromatic heterocycles. The van der Waals surface area contributed by atoms with Gasteiger partial charge in [0.15, 0.2) is 11.5 Å². The average Bonchev–Trinajstić information content (AvgIpc) is 3.08. The van der Waals surface area contributed by atoms with Gasteiger partial charge in [-0.3, -0.25) is 4.79 Å². The Morgan fingerprint density at radius 1 is 1.19 bits per heavy atom. The van der Waals surface area contributed by atoms with E-state index >= 15 is 0 Å². The number of amides is 1. The molecule has 2 aromatic carbocycles. The molecule has 0 spiro atoms. The van der Waals surface area contributed by atoms with E-state index in [0.29, 0.717) is 23.9 Å². The fourth-order valence-electron chi connectivity index (χ4n) is 3.04. The van der Waals surface area contributed by atoms with Gasteiger partial charge in [0.05, 0.1) is 12.9 Å². The van der Waals surface area contributed by atoms with Gasteiger partial charge in [0, 0.05) is 6.54 Å². The molecule has 0 saturated carbocycles. The summed E-state index contributed by atoms with van der Waals surface area (Å²) in [6.45, 7) is 1.29. The molecule has 144 valence electrons. The lowest BCUT2D eigenvalue weighted by atomic mass is 10.1. The van der Waals surface area contributed by atoms with E-state index in [1.165, 1.54) is 0 Å². The maximum atomic E-state index is 12.3. The van der Waals surface area contributed by atoms with Crippen LogP contribution >= 0.6 is 23.5 Å². The first kappa shape index (κ1) is 20.0. The van der Waals surface area contributed by atoms with Crippen LogP contribution < -0.4 is 9.47 Å². The summed E-state index contributed by atoms with van der Waals surface area (Å²) in [6.07, 6.45) is 3.11. The number of ether oxygens (including phenoxy) is 2. The lowest BCUT2D eigenvalue weighted by Gasteiger charge is -2.25. The lowest BCUT2D eigenvalue weighted by Crippen LogP contribution is -2.29. The number of carbonyl (C=O) groups excluding carboxylic acids is 1. The molecule has 1 unspecified atom stereocenters. The summed E-state index contributed by atoms with van der Waals surface area (Å²) in [5, 5.41) is 0.0522. The van der Waals surface area contributed by atoms with Crippen molar-refractivity contribution in [1.29, 1.82) is 0 Å². The predicted molar refractivity (Wildman–Crippen MR) is 114 cm³/mol. The molecule has 1 saturated heterocycles. The summed E-state index contributed by atoms with van der Waals surface area (Å²) < 4.78 is 11.5. The highest BCUT2D eigenvalue weighted by Crippen LogP contribution is 2.41. The second-order valence-electron chi connectivity index (χ2n) is 6.28. The van der Waals surface area contributed by atoms with Gasteiger partial charge in [-0.1, -0.05) is 36.4 Å². The van der Waals surface area contributed by atoms with Crippen LogP contribution in [0.2, 0.25) is 0 Å². The Kier molecular flexibility index (Phi) is 7.35. The summed E-state index contributed by atoms with van der Waals surface area (Å²) in [5.41, 5.74) is 2.19. The zero-order chi connectivity index (χ0) is 19.1. The molecule has 0 N–H and O–H groups in total. The van der Waals surface area contributed by atoms with Gasteiger partial charge in [-0.05, 0) is 41.7 Å². The van der Waals surface area contributed by atoms with Crippen LogP contribution in [0.5, 0.6) is 11.5 Å². The zero-order valence-electron chi connectivity index (χ0n) is 15.7. The van der Waals surface area contributed by atoms with Crippen molar-refractivity contribution in [1.82, 2.24) is 4.90 Å². The summed E-state index contributed by atoms with van der Waals surface area (Å²) >= 11 is 3.49. The highest BCUT2D eigenvalue weighted by atomic mass is 32.2. The number of carbonyl (C=O) groups is 1. The lowest BCUT2D eigenvalue weighted by molar-refractivity contribution is -0.128. The normalized spacial score (nSPS) is 16.6. The highest BCUT2D eigenvalue weighted by Gasteiger charge is 2.32. The summed E-state index contributed by atoms with van der Waals surface area (Å²) in [5.74, 6) is 3.24. The Morgan fingerprint density at radius 3 is 2.74 bits per heavy atom. The van der Waals surface area contributed by atoms with E-state index in [0.717, 1.165) is 29.8 Å². The molecule has 0 radical (unpaired) electrons. The van der Waals surface area contributed by atoms with Crippen LogP contribution in [-0.2, 0) is 11.4 Å². The summed E-state index contributed by atoms with van der Waals surface area (Å²) in [4.78, 5) is 14.3. The monoisotopic (exact) mass is 403 g/mol. The molecule has 0 aliphatic carbocycles. The van der Waals surface area contributed by atoms with Crippen molar-refractivity contribution >= 4 is 29.4 Å². The fraction of sp³-hybridized carbons (Fsp3) is 0.381. The predicted octanol–water partition coefficient (Wildman–Crippen LogP) is 4.60.